The van der Waals surface area contributed by atoms with E-state index in [0.29, 0.717) is 22.7 Å². The van der Waals surface area contributed by atoms with E-state index in [-0.39, 0.29) is 0 Å². The Labute approximate surface area is 119 Å². The zero-order valence-electron chi connectivity index (χ0n) is 9.02. The Bertz CT molecular complexity index is 725. The minimum Gasteiger partial charge on any atom is -0.436 e. The molecule has 90 valence electrons. The average molecular weight is 369 g/mol. The summed E-state index contributed by atoms with van der Waals surface area (Å²) in [6.07, 6.45) is 3.41. The molecule has 2 heterocycles. The predicted molar refractivity (Wildman–Crippen MR) is 77.1 cm³/mol. The lowest BCUT2D eigenvalue weighted by Gasteiger charge is -1.99. The maximum Gasteiger partial charge on any atom is 0.228 e. The van der Waals surface area contributed by atoms with Gasteiger partial charge in [0.05, 0.1) is 15.7 Å². The first-order chi connectivity index (χ1) is 8.66. The molecule has 0 amide bonds. The summed E-state index contributed by atoms with van der Waals surface area (Å²) >= 11 is 6.80. The Balaban J connectivity index is 2.27. The summed E-state index contributed by atoms with van der Waals surface area (Å²) in [5.74, 6) is 0.524. The fourth-order valence-corrected chi connectivity index (χ4v) is 2.79. The highest BCUT2D eigenvalue weighted by atomic mass is 79.9. The number of aromatic nitrogens is 2. The molecule has 0 bridgehead atoms. The van der Waals surface area contributed by atoms with Crippen molar-refractivity contribution in [2.24, 2.45) is 0 Å². The Kier molecular flexibility index (Phi) is 2.83. The van der Waals surface area contributed by atoms with Gasteiger partial charge in [-0.1, -0.05) is 0 Å². The van der Waals surface area contributed by atoms with Gasteiger partial charge in [0.2, 0.25) is 5.89 Å². The van der Waals surface area contributed by atoms with E-state index in [1.165, 1.54) is 0 Å². The number of rotatable bonds is 1. The maximum absolute atomic E-state index is 5.91. The molecule has 0 saturated carbocycles. The van der Waals surface area contributed by atoms with Crippen LogP contribution in [0, 0.1) is 0 Å². The summed E-state index contributed by atoms with van der Waals surface area (Å²) < 4.78 is 7.21. The minimum absolute atomic E-state index is 0.524. The van der Waals surface area contributed by atoms with Crippen molar-refractivity contribution in [3.8, 4) is 11.5 Å². The number of anilines is 1. The van der Waals surface area contributed by atoms with E-state index in [0.717, 1.165) is 14.5 Å². The molecule has 2 N–H and O–H groups in total. The van der Waals surface area contributed by atoms with Gasteiger partial charge in [-0.2, -0.15) is 0 Å². The minimum atomic E-state index is 0.524. The second-order valence-corrected chi connectivity index (χ2v) is 5.34. The van der Waals surface area contributed by atoms with Crippen LogP contribution in [0.3, 0.4) is 0 Å². The van der Waals surface area contributed by atoms with Crippen LogP contribution in [0.15, 0.2) is 44.0 Å². The number of hydrogen-bond donors (Lipinski definition) is 1. The normalized spacial score (nSPS) is 11.0. The second kappa shape index (κ2) is 4.37. The molecule has 2 aromatic heterocycles. The number of nitrogens with zero attached hydrogens (tertiary/aromatic N) is 2. The summed E-state index contributed by atoms with van der Waals surface area (Å²) in [6, 6.07) is 5.54. The molecule has 0 saturated heterocycles. The molecule has 0 spiro atoms. The molecule has 0 aliphatic carbocycles. The van der Waals surface area contributed by atoms with Crippen molar-refractivity contribution in [1.29, 1.82) is 0 Å². The van der Waals surface area contributed by atoms with Crippen molar-refractivity contribution >= 4 is 48.6 Å². The third kappa shape index (κ3) is 1.81. The van der Waals surface area contributed by atoms with Crippen LogP contribution >= 0.6 is 31.9 Å². The first-order valence-electron chi connectivity index (χ1n) is 5.11. The Morgan fingerprint density at radius 1 is 1.28 bits per heavy atom. The molecule has 1 aromatic carbocycles. The number of nitrogen functional groups attached to an aromatic ring is 1. The Morgan fingerprint density at radius 2 is 2.11 bits per heavy atom. The first-order valence-corrected chi connectivity index (χ1v) is 6.70. The Morgan fingerprint density at radius 3 is 2.83 bits per heavy atom. The number of fused-ring (bicyclic) bond motifs is 1. The molecule has 4 nitrogen and oxygen atoms in total. The van der Waals surface area contributed by atoms with E-state index in [1.807, 2.05) is 18.2 Å². The van der Waals surface area contributed by atoms with Gasteiger partial charge < -0.3 is 10.2 Å². The van der Waals surface area contributed by atoms with Gasteiger partial charge in [0.1, 0.15) is 5.52 Å². The van der Waals surface area contributed by atoms with Gasteiger partial charge >= 0.3 is 0 Å². The van der Waals surface area contributed by atoms with Gasteiger partial charge in [0.25, 0.3) is 0 Å². The fourth-order valence-electron chi connectivity index (χ4n) is 1.63. The standard InChI is InChI=1S/C12H7Br2N3O/c13-7-4-8-11(9(14)10(7)15)17-12(18-8)6-2-1-3-16-5-6/h1-5H,15H2. The number of hydrogen-bond acceptors (Lipinski definition) is 4. The highest BCUT2D eigenvalue weighted by Crippen LogP contribution is 2.37. The molecule has 18 heavy (non-hydrogen) atoms. The summed E-state index contributed by atoms with van der Waals surface area (Å²) in [5.41, 5.74) is 8.71. The van der Waals surface area contributed by atoms with Gasteiger partial charge in [0, 0.05) is 16.9 Å². The van der Waals surface area contributed by atoms with Crippen LogP contribution in [0.2, 0.25) is 0 Å². The van der Waals surface area contributed by atoms with Gasteiger partial charge in [-0.3, -0.25) is 4.98 Å². The van der Waals surface area contributed by atoms with E-state index in [4.69, 9.17) is 10.2 Å². The van der Waals surface area contributed by atoms with Crippen LogP contribution in [0.4, 0.5) is 5.69 Å². The molecule has 0 atom stereocenters. The number of benzene rings is 1. The van der Waals surface area contributed by atoms with E-state index < -0.39 is 0 Å². The van der Waals surface area contributed by atoms with Crippen LogP contribution in [-0.4, -0.2) is 9.97 Å². The quantitative estimate of drug-likeness (QED) is 0.659. The lowest BCUT2D eigenvalue weighted by molar-refractivity contribution is 0.619. The summed E-state index contributed by atoms with van der Waals surface area (Å²) in [6.45, 7) is 0. The number of pyridine rings is 1. The lowest BCUT2D eigenvalue weighted by atomic mass is 10.3. The third-order valence-electron chi connectivity index (χ3n) is 2.52. The molecular weight excluding hydrogens is 362 g/mol. The SMILES string of the molecule is Nc1c(Br)cc2oc(-c3cccnc3)nc2c1Br. The summed E-state index contributed by atoms with van der Waals surface area (Å²) in [5, 5.41) is 0. The molecule has 0 aliphatic heterocycles. The molecule has 3 rings (SSSR count). The predicted octanol–water partition coefficient (Wildman–Crippen LogP) is 4.00. The molecular formula is C12H7Br2N3O. The van der Waals surface area contributed by atoms with Crippen LogP contribution < -0.4 is 5.73 Å². The van der Waals surface area contributed by atoms with Crippen molar-refractivity contribution in [3.05, 3.63) is 39.5 Å². The monoisotopic (exact) mass is 367 g/mol. The summed E-state index contributed by atoms with van der Waals surface area (Å²) in [7, 11) is 0. The zero-order valence-corrected chi connectivity index (χ0v) is 12.2. The number of nitrogens with two attached hydrogens (primary N) is 1. The Hall–Kier alpha value is -1.40. The van der Waals surface area contributed by atoms with E-state index in [1.54, 1.807) is 12.4 Å². The average Bonchev–Trinajstić information content (AvgIpc) is 2.81. The highest BCUT2D eigenvalue weighted by Gasteiger charge is 2.14. The molecule has 0 aliphatic rings. The van der Waals surface area contributed by atoms with Gasteiger partial charge in [-0.25, -0.2) is 4.98 Å². The molecule has 6 heteroatoms. The summed E-state index contributed by atoms with van der Waals surface area (Å²) in [4.78, 5) is 8.47. The first kappa shape index (κ1) is 11.7. The zero-order chi connectivity index (χ0) is 12.7. The van der Waals surface area contributed by atoms with Crippen LogP contribution in [0.25, 0.3) is 22.6 Å². The van der Waals surface area contributed by atoms with Gasteiger partial charge in [-0.15, -0.1) is 0 Å². The molecule has 0 fully saturated rings. The third-order valence-corrected chi connectivity index (χ3v) is 3.98. The van der Waals surface area contributed by atoms with Crippen LogP contribution in [-0.2, 0) is 0 Å². The topological polar surface area (TPSA) is 64.9 Å². The maximum atomic E-state index is 5.91. The number of halogens is 2. The van der Waals surface area contributed by atoms with Crippen molar-refractivity contribution in [2.75, 3.05) is 5.73 Å². The van der Waals surface area contributed by atoms with Crippen molar-refractivity contribution in [3.63, 3.8) is 0 Å². The number of oxazole rings is 1. The van der Waals surface area contributed by atoms with Crippen LogP contribution in [0.1, 0.15) is 0 Å². The van der Waals surface area contributed by atoms with Crippen molar-refractivity contribution < 1.29 is 4.42 Å². The van der Waals surface area contributed by atoms with Gasteiger partial charge in [-0.05, 0) is 50.1 Å². The lowest BCUT2D eigenvalue weighted by Crippen LogP contribution is -1.88. The fraction of sp³-hybridized carbons (Fsp3) is 0. The van der Waals surface area contributed by atoms with Crippen molar-refractivity contribution in [2.45, 2.75) is 0 Å². The smallest absolute Gasteiger partial charge is 0.228 e. The van der Waals surface area contributed by atoms with E-state index >= 15 is 0 Å². The second-order valence-electron chi connectivity index (χ2n) is 3.69. The molecule has 3 aromatic rings. The van der Waals surface area contributed by atoms with E-state index in [2.05, 4.69) is 41.8 Å². The van der Waals surface area contributed by atoms with Crippen LogP contribution in [0.5, 0.6) is 0 Å². The molecule has 0 radical (unpaired) electrons. The molecule has 0 unspecified atom stereocenters. The largest absolute Gasteiger partial charge is 0.436 e. The van der Waals surface area contributed by atoms with Gasteiger partial charge in [0.15, 0.2) is 5.58 Å². The van der Waals surface area contributed by atoms with Crippen molar-refractivity contribution in [1.82, 2.24) is 9.97 Å². The van der Waals surface area contributed by atoms with E-state index in [9.17, 15) is 0 Å². The highest BCUT2D eigenvalue weighted by molar-refractivity contribution is 9.11.